The highest BCUT2D eigenvalue weighted by Gasteiger charge is 2.29. The maximum absolute atomic E-state index is 12.7. The van der Waals surface area contributed by atoms with E-state index in [1.807, 2.05) is 9.44 Å². The quantitative estimate of drug-likeness (QED) is 0.264. The van der Waals surface area contributed by atoms with E-state index in [1.165, 1.54) is 18.2 Å². The lowest BCUT2D eigenvalue weighted by Gasteiger charge is -2.11. The summed E-state index contributed by atoms with van der Waals surface area (Å²) in [7, 11) is -9.09. The number of anilines is 2. The summed E-state index contributed by atoms with van der Waals surface area (Å²) in [4.78, 5) is 38.4. The summed E-state index contributed by atoms with van der Waals surface area (Å²) in [5.74, 6) is 0. The second-order valence-corrected chi connectivity index (χ2v) is 10.5. The standard InChI is InChI=1S/C18H12N6O12S2/c25-21(26)15-6-4-13(9-17(15)23(29)30)37(33,34)19-11-2-1-3-12(8-11)20-38(35,36)14-5-7-16(22(27)28)18(10-14)24(31)32/h1-10,19-20H. The van der Waals surface area contributed by atoms with Gasteiger partial charge in [0.25, 0.3) is 20.0 Å². The Kier molecular flexibility index (Phi) is 7.21. The summed E-state index contributed by atoms with van der Waals surface area (Å²) < 4.78 is 54.9. The number of nitro benzene ring substituents is 4. The fraction of sp³-hybridized carbons (Fsp3) is 0. The van der Waals surface area contributed by atoms with Gasteiger partial charge in [0.1, 0.15) is 0 Å². The Balaban J connectivity index is 1.91. The molecule has 0 atom stereocenters. The molecule has 0 aliphatic rings. The van der Waals surface area contributed by atoms with E-state index in [2.05, 4.69) is 0 Å². The first kappa shape index (κ1) is 27.3. The van der Waals surface area contributed by atoms with Gasteiger partial charge in [-0.05, 0) is 30.3 Å². The van der Waals surface area contributed by atoms with Crippen molar-refractivity contribution in [1.82, 2.24) is 0 Å². The van der Waals surface area contributed by atoms with Crippen LogP contribution in [0.1, 0.15) is 0 Å². The first-order valence-electron chi connectivity index (χ1n) is 9.64. The summed E-state index contributed by atoms with van der Waals surface area (Å²) in [5.41, 5.74) is -4.48. The van der Waals surface area contributed by atoms with E-state index in [0.717, 1.165) is 18.2 Å². The van der Waals surface area contributed by atoms with Crippen molar-refractivity contribution in [3.05, 3.63) is 101 Å². The lowest BCUT2D eigenvalue weighted by Crippen LogP contribution is -2.15. The summed E-state index contributed by atoms with van der Waals surface area (Å²) in [5, 5.41) is 44.1. The molecule has 0 unspecified atom stereocenters. The SMILES string of the molecule is O=[N+]([O-])c1ccc(S(=O)(=O)Nc2cccc(NS(=O)(=O)c3ccc([N+](=O)[O-])c([N+](=O)[O-])c3)c2)cc1[N+](=O)[O-]. The highest BCUT2D eigenvalue weighted by atomic mass is 32.2. The van der Waals surface area contributed by atoms with Crippen molar-refractivity contribution >= 4 is 54.2 Å². The molecule has 0 saturated carbocycles. The average molecular weight is 568 g/mol. The second-order valence-electron chi connectivity index (χ2n) is 7.12. The number of hydrogen-bond donors (Lipinski definition) is 2. The van der Waals surface area contributed by atoms with Crippen LogP contribution >= 0.6 is 0 Å². The van der Waals surface area contributed by atoms with Crippen LogP contribution in [0.5, 0.6) is 0 Å². The molecule has 3 aromatic carbocycles. The molecule has 38 heavy (non-hydrogen) atoms. The van der Waals surface area contributed by atoms with Crippen LogP contribution in [-0.2, 0) is 20.0 Å². The Morgan fingerprint density at radius 2 is 0.842 bits per heavy atom. The molecule has 3 aromatic rings. The largest absolute Gasteiger partial charge is 0.347 e. The van der Waals surface area contributed by atoms with Crippen molar-refractivity contribution in [2.45, 2.75) is 9.79 Å². The van der Waals surface area contributed by atoms with E-state index in [0.29, 0.717) is 24.3 Å². The van der Waals surface area contributed by atoms with Crippen LogP contribution in [-0.4, -0.2) is 36.5 Å². The number of rotatable bonds is 10. The van der Waals surface area contributed by atoms with E-state index in [4.69, 9.17) is 0 Å². The van der Waals surface area contributed by atoms with Crippen LogP contribution in [0, 0.1) is 40.5 Å². The van der Waals surface area contributed by atoms with E-state index in [9.17, 15) is 57.3 Å². The van der Waals surface area contributed by atoms with E-state index in [1.54, 1.807) is 0 Å². The molecule has 0 heterocycles. The van der Waals surface area contributed by atoms with Gasteiger partial charge < -0.3 is 0 Å². The molecule has 0 radical (unpaired) electrons. The summed E-state index contributed by atoms with van der Waals surface area (Å²) in [6, 6.07) is 8.35. The van der Waals surface area contributed by atoms with E-state index < -0.39 is 72.3 Å². The number of nitrogens with one attached hydrogen (secondary N) is 2. The third kappa shape index (κ3) is 5.76. The van der Waals surface area contributed by atoms with Crippen LogP contribution in [0.4, 0.5) is 34.1 Å². The van der Waals surface area contributed by atoms with Crippen molar-refractivity contribution in [2.75, 3.05) is 9.44 Å². The van der Waals surface area contributed by atoms with Crippen molar-refractivity contribution in [3.8, 4) is 0 Å². The lowest BCUT2D eigenvalue weighted by atomic mass is 10.3. The van der Waals surface area contributed by atoms with Gasteiger partial charge in [-0.2, -0.15) is 0 Å². The molecule has 0 aliphatic heterocycles. The number of sulfonamides is 2. The van der Waals surface area contributed by atoms with Gasteiger partial charge in [0.05, 0.1) is 40.9 Å². The molecule has 0 bridgehead atoms. The molecule has 0 fully saturated rings. The molecule has 198 valence electrons. The summed E-state index contributed by atoms with van der Waals surface area (Å²) in [6.07, 6.45) is 0. The molecular weight excluding hydrogens is 556 g/mol. The van der Waals surface area contributed by atoms with Crippen LogP contribution < -0.4 is 9.44 Å². The minimum absolute atomic E-state index is 0.235. The molecule has 3 rings (SSSR count). The van der Waals surface area contributed by atoms with Crippen molar-refractivity contribution < 1.29 is 36.5 Å². The lowest BCUT2D eigenvalue weighted by molar-refractivity contribution is -0.422. The van der Waals surface area contributed by atoms with Crippen LogP contribution in [0.25, 0.3) is 0 Å². The molecule has 0 aliphatic carbocycles. The number of hydrogen-bond acceptors (Lipinski definition) is 12. The Labute approximate surface area is 211 Å². The third-order valence-electron chi connectivity index (χ3n) is 4.67. The van der Waals surface area contributed by atoms with E-state index >= 15 is 0 Å². The third-order valence-corrected chi connectivity index (χ3v) is 7.43. The monoisotopic (exact) mass is 568 g/mol. The highest BCUT2D eigenvalue weighted by molar-refractivity contribution is 7.93. The van der Waals surface area contributed by atoms with Gasteiger partial charge in [-0.25, -0.2) is 16.8 Å². The van der Waals surface area contributed by atoms with Gasteiger partial charge >= 0.3 is 22.7 Å². The molecule has 2 N–H and O–H groups in total. The minimum Gasteiger partial charge on any atom is -0.280 e. The average Bonchev–Trinajstić information content (AvgIpc) is 2.82. The highest BCUT2D eigenvalue weighted by Crippen LogP contribution is 2.32. The van der Waals surface area contributed by atoms with Crippen molar-refractivity contribution in [1.29, 1.82) is 0 Å². The molecule has 0 saturated heterocycles. The van der Waals surface area contributed by atoms with Gasteiger partial charge in [-0.15, -0.1) is 0 Å². The first-order chi connectivity index (χ1) is 17.6. The maximum atomic E-state index is 12.7. The molecule has 0 amide bonds. The second kappa shape index (κ2) is 10.0. The Bertz CT molecular complexity index is 1600. The summed E-state index contributed by atoms with van der Waals surface area (Å²) in [6.45, 7) is 0. The minimum atomic E-state index is -4.55. The van der Waals surface area contributed by atoms with Crippen LogP contribution in [0.3, 0.4) is 0 Å². The topological polar surface area (TPSA) is 265 Å². The zero-order valence-electron chi connectivity index (χ0n) is 18.3. The van der Waals surface area contributed by atoms with Gasteiger partial charge in [-0.1, -0.05) is 6.07 Å². The molecule has 18 nitrogen and oxygen atoms in total. The molecule has 0 aromatic heterocycles. The predicted molar refractivity (Wildman–Crippen MR) is 128 cm³/mol. The predicted octanol–water partition coefficient (Wildman–Crippen LogP) is 2.92. The Morgan fingerprint density at radius 3 is 1.16 bits per heavy atom. The zero-order valence-corrected chi connectivity index (χ0v) is 19.9. The van der Waals surface area contributed by atoms with Crippen LogP contribution in [0.15, 0.2) is 70.5 Å². The van der Waals surface area contributed by atoms with Crippen molar-refractivity contribution in [2.24, 2.45) is 0 Å². The fourth-order valence-electron chi connectivity index (χ4n) is 3.02. The van der Waals surface area contributed by atoms with Crippen molar-refractivity contribution in [3.63, 3.8) is 0 Å². The zero-order chi connectivity index (χ0) is 28.4. The Morgan fingerprint density at radius 1 is 0.500 bits per heavy atom. The number of nitro groups is 4. The normalized spacial score (nSPS) is 11.4. The van der Waals surface area contributed by atoms with Gasteiger partial charge in [0, 0.05) is 24.3 Å². The van der Waals surface area contributed by atoms with Gasteiger partial charge in [-0.3, -0.25) is 49.9 Å². The summed E-state index contributed by atoms with van der Waals surface area (Å²) >= 11 is 0. The molecule has 20 heteroatoms. The molecule has 0 spiro atoms. The smallest absolute Gasteiger partial charge is 0.280 e. The van der Waals surface area contributed by atoms with E-state index in [-0.39, 0.29) is 11.4 Å². The maximum Gasteiger partial charge on any atom is 0.347 e. The van der Waals surface area contributed by atoms with Gasteiger partial charge in [0.15, 0.2) is 0 Å². The Hall–Kier alpha value is -5.24. The molecular formula is C18H12N6O12S2. The number of benzene rings is 3. The first-order valence-corrected chi connectivity index (χ1v) is 12.6. The fourth-order valence-corrected chi connectivity index (χ4v) is 5.15. The number of nitrogens with zero attached hydrogens (tertiary/aromatic N) is 4. The van der Waals surface area contributed by atoms with Crippen LogP contribution in [0.2, 0.25) is 0 Å². The van der Waals surface area contributed by atoms with Gasteiger partial charge in [0.2, 0.25) is 0 Å².